The van der Waals surface area contributed by atoms with Crippen LogP contribution in [0.1, 0.15) is 0 Å². The highest BCUT2D eigenvalue weighted by Crippen LogP contribution is 2.31. The van der Waals surface area contributed by atoms with Crippen molar-refractivity contribution in [1.82, 2.24) is 14.6 Å². The Morgan fingerprint density at radius 3 is 2.89 bits per heavy atom. The van der Waals surface area contributed by atoms with Gasteiger partial charge in [-0.3, -0.25) is 0 Å². The van der Waals surface area contributed by atoms with Crippen LogP contribution in [0.5, 0.6) is 5.75 Å². The second-order valence-corrected chi connectivity index (χ2v) is 5.13. The number of benzene rings is 1. The molecule has 3 rings (SSSR count). The van der Waals surface area contributed by atoms with E-state index in [1.165, 1.54) is 0 Å². The van der Waals surface area contributed by atoms with Gasteiger partial charge in [0.2, 0.25) is 0 Å². The maximum Gasteiger partial charge on any atom is 0.171 e. The van der Waals surface area contributed by atoms with E-state index in [-0.39, 0.29) is 0 Å². The van der Waals surface area contributed by atoms with Crippen LogP contribution >= 0.6 is 27.5 Å². The molecule has 19 heavy (non-hydrogen) atoms. The molecule has 0 radical (unpaired) electrons. The van der Waals surface area contributed by atoms with Gasteiger partial charge in [-0.15, -0.1) is 0 Å². The van der Waals surface area contributed by atoms with Gasteiger partial charge >= 0.3 is 0 Å². The van der Waals surface area contributed by atoms with Gasteiger partial charge in [-0.05, 0) is 28.1 Å². The van der Waals surface area contributed by atoms with Crippen molar-refractivity contribution in [3.63, 3.8) is 0 Å². The van der Waals surface area contributed by atoms with Crippen LogP contribution in [0.2, 0.25) is 5.15 Å². The van der Waals surface area contributed by atoms with E-state index in [0.29, 0.717) is 10.8 Å². The van der Waals surface area contributed by atoms with Gasteiger partial charge in [0.15, 0.2) is 5.65 Å². The van der Waals surface area contributed by atoms with E-state index in [4.69, 9.17) is 16.3 Å². The van der Waals surface area contributed by atoms with Crippen LogP contribution in [0.3, 0.4) is 0 Å². The molecule has 0 bridgehead atoms. The Morgan fingerprint density at radius 1 is 1.32 bits per heavy atom. The molecule has 0 amide bonds. The number of aromatic nitrogens is 3. The van der Waals surface area contributed by atoms with Gasteiger partial charge in [0, 0.05) is 11.6 Å². The zero-order valence-electron chi connectivity index (χ0n) is 9.97. The van der Waals surface area contributed by atoms with E-state index >= 15 is 0 Å². The summed E-state index contributed by atoms with van der Waals surface area (Å²) in [6, 6.07) is 9.45. The molecule has 1 aromatic carbocycles. The average molecular weight is 339 g/mol. The minimum absolute atomic E-state index is 0.497. The SMILES string of the molecule is COc1ccccc1-c1cc(Cl)n2ncc(Br)c2n1. The molecule has 96 valence electrons. The number of halogens is 2. The first kappa shape index (κ1) is 12.4. The molecule has 0 fully saturated rings. The van der Waals surface area contributed by atoms with Gasteiger partial charge in [-0.2, -0.15) is 5.10 Å². The van der Waals surface area contributed by atoms with Crippen LogP contribution < -0.4 is 4.74 Å². The summed E-state index contributed by atoms with van der Waals surface area (Å²) in [6.07, 6.45) is 1.67. The van der Waals surface area contributed by atoms with Crippen molar-refractivity contribution >= 4 is 33.2 Å². The lowest BCUT2D eigenvalue weighted by Gasteiger charge is -2.08. The predicted molar refractivity (Wildman–Crippen MR) is 77.7 cm³/mol. The summed E-state index contributed by atoms with van der Waals surface area (Å²) in [6.45, 7) is 0. The first-order chi connectivity index (χ1) is 9.20. The summed E-state index contributed by atoms with van der Waals surface area (Å²) < 4.78 is 7.72. The smallest absolute Gasteiger partial charge is 0.171 e. The van der Waals surface area contributed by atoms with Crippen molar-refractivity contribution in [2.45, 2.75) is 0 Å². The zero-order valence-corrected chi connectivity index (χ0v) is 12.3. The minimum Gasteiger partial charge on any atom is -0.496 e. The highest BCUT2D eigenvalue weighted by Gasteiger charge is 2.12. The number of methoxy groups -OCH3 is 1. The quantitative estimate of drug-likeness (QED) is 0.667. The lowest BCUT2D eigenvalue weighted by Crippen LogP contribution is -1.96. The normalized spacial score (nSPS) is 10.9. The molecular formula is C13H9BrClN3O. The van der Waals surface area contributed by atoms with E-state index in [9.17, 15) is 0 Å². The summed E-state index contributed by atoms with van der Waals surface area (Å²) in [7, 11) is 1.63. The third-order valence-electron chi connectivity index (χ3n) is 2.77. The van der Waals surface area contributed by atoms with Crippen molar-refractivity contribution in [2.75, 3.05) is 7.11 Å². The van der Waals surface area contributed by atoms with Gasteiger partial charge in [-0.25, -0.2) is 9.50 Å². The second kappa shape index (κ2) is 4.83. The summed E-state index contributed by atoms with van der Waals surface area (Å²) in [5, 5.41) is 4.64. The number of ether oxygens (including phenoxy) is 1. The molecule has 0 aliphatic carbocycles. The van der Waals surface area contributed by atoms with Crippen molar-refractivity contribution in [2.24, 2.45) is 0 Å². The lowest BCUT2D eigenvalue weighted by molar-refractivity contribution is 0.416. The standard InChI is InChI=1S/C13H9BrClN3O/c1-19-11-5-3-2-4-8(11)10-6-12(15)18-13(17-10)9(14)7-16-18/h2-7H,1H3. The maximum atomic E-state index is 6.22. The molecule has 0 aliphatic rings. The van der Waals surface area contributed by atoms with E-state index in [0.717, 1.165) is 21.5 Å². The number of hydrogen-bond acceptors (Lipinski definition) is 3. The molecular weight excluding hydrogens is 330 g/mol. The van der Waals surface area contributed by atoms with E-state index in [2.05, 4.69) is 26.0 Å². The highest BCUT2D eigenvalue weighted by molar-refractivity contribution is 9.10. The van der Waals surface area contributed by atoms with Crippen LogP contribution in [0, 0.1) is 0 Å². The Balaban J connectivity index is 2.28. The summed E-state index contributed by atoms with van der Waals surface area (Å²) in [4.78, 5) is 4.56. The Labute approximate surface area is 123 Å². The van der Waals surface area contributed by atoms with Crippen LogP contribution in [0.15, 0.2) is 41.0 Å². The third-order valence-corrected chi connectivity index (χ3v) is 3.60. The summed E-state index contributed by atoms with van der Waals surface area (Å²) in [5.74, 6) is 0.756. The summed E-state index contributed by atoms with van der Waals surface area (Å²) >= 11 is 9.63. The number of rotatable bonds is 2. The average Bonchev–Trinajstić information content (AvgIpc) is 2.81. The van der Waals surface area contributed by atoms with Gasteiger partial charge in [0.1, 0.15) is 10.9 Å². The fourth-order valence-corrected chi connectivity index (χ4v) is 2.47. The molecule has 6 heteroatoms. The van der Waals surface area contributed by atoms with E-state index in [1.54, 1.807) is 23.9 Å². The monoisotopic (exact) mass is 337 g/mol. The van der Waals surface area contributed by atoms with Crippen molar-refractivity contribution < 1.29 is 4.74 Å². The molecule has 0 unspecified atom stereocenters. The molecule has 4 nitrogen and oxygen atoms in total. The third kappa shape index (κ3) is 2.09. The largest absolute Gasteiger partial charge is 0.496 e. The van der Waals surface area contributed by atoms with Crippen LogP contribution in [0.4, 0.5) is 0 Å². The highest BCUT2D eigenvalue weighted by atomic mass is 79.9. The molecule has 0 N–H and O–H groups in total. The lowest BCUT2D eigenvalue weighted by atomic mass is 10.1. The Kier molecular flexibility index (Phi) is 3.16. The van der Waals surface area contributed by atoms with Gasteiger partial charge < -0.3 is 4.74 Å². The Bertz CT molecular complexity index is 757. The van der Waals surface area contributed by atoms with Crippen LogP contribution in [0.25, 0.3) is 16.9 Å². The second-order valence-electron chi connectivity index (χ2n) is 3.89. The van der Waals surface area contributed by atoms with Gasteiger partial charge in [0.25, 0.3) is 0 Å². The fourth-order valence-electron chi connectivity index (χ4n) is 1.89. The molecule has 2 heterocycles. The van der Waals surface area contributed by atoms with E-state index < -0.39 is 0 Å². The predicted octanol–water partition coefficient (Wildman–Crippen LogP) is 3.82. The number of hydrogen-bond donors (Lipinski definition) is 0. The van der Waals surface area contributed by atoms with Crippen LogP contribution in [-0.4, -0.2) is 21.7 Å². The number of nitrogens with zero attached hydrogens (tertiary/aromatic N) is 3. The Morgan fingerprint density at radius 2 is 2.11 bits per heavy atom. The Hall–Kier alpha value is -1.59. The molecule has 3 aromatic rings. The van der Waals surface area contributed by atoms with Gasteiger partial charge in [0.05, 0.1) is 23.5 Å². The molecule has 2 aromatic heterocycles. The molecule has 0 aliphatic heterocycles. The molecule has 0 atom stereocenters. The van der Waals surface area contributed by atoms with Crippen molar-refractivity contribution in [3.05, 3.63) is 46.2 Å². The fraction of sp³-hybridized carbons (Fsp3) is 0.0769. The molecule has 0 saturated carbocycles. The summed E-state index contributed by atoms with van der Waals surface area (Å²) in [5.41, 5.74) is 2.31. The van der Waals surface area contributed by atoms with Crippen LogP contribution in [-0.2, 0) is 0 Å². The van der Waals surface area contributed by atoms with E-state index in [1.807, 2.05) is 24.3 Å². The topological polar surface area (TPSA) is 39.4 Å². The van der Waals surface area contributed by atoms with Crippen molar-refractivity contribution in [3.8, 4) is 17.0 Å². The molecule has 0 saturated heterocycles. The number of fused-ring (bicyclic) bond motifs is 1. The maximum absolute atomic E-state index is 6.22. The zero-order chi connectivity index (χ0) is 13.4. The first-order valence-electron chi connectivity index (χ1n) is 5.54. The van der Waals surface area contributed by atoms with Gasteiger partial charge in [-0.1, -0.05) is 23.7 Å². The molecule has 0 spiro atoms. The minimum atomic E-state index is 0.497. The number of para-hydroxylation sites is 1. The van der Waals surface area contributed by atoms with Crippen molar-refractivity contribution in [1.29, 1.82) is 0 Å². The first-order valence-corrected chi connectivity index (χ1v) is 6.71.